The summed E-state index contributed by atoms with van der Waals surface area (Å²) >= 11 is 5.91. The Hall–Kier alpha value is -1.46. The predicted molar refractivity (Wildman–Crippen MR) is 69.0 cm³/mol. The number of carbonyl (C=O) groups is 2. The third-order valence-electron chi connectivity index (χ3n) is 3.15. The lowest BCUT2D eigenvalue weighted by molar-refractivity contribution is -0.150. The van der Waals surface area contributed by atoms with Crippen molar-refractivity contribution in [2.45, 2.75) is 25.9 Å². The van der Waals surface area contributed by atoms with E-state index in [1.807, 2.05) is 6.92 Å². The van der Waals surface area contributed by atoms with Crippen LogP contribution in [0.25, 0.3) is 0 Å². The van der Waals surface area contributed by atoms with Crippen LogP contribution in [0, 0.1) is 5.82 Å². The Kier molecular flexibility index (Phi) is 4.17. The minimum absolute atomic E-state index is 0.0797. The van der Waals surface area contributed by atoms with Gasteiger partial charge in [0.1, 0.15) is 5.82 Å². The van der Waals surface area contributed by atoms with Crippen molar-refractivity contribution in [2.24, 2.45) is 0 Å². The molecule has 1 saturated heterocycles. The van der Waals surface area contributed by atoms with E-state index in [-0.39, 0.29) is 35.5 Å². The topological polar surface area (TPSA) is 49.4 Å². The van der Waals surface area contributed by atoms with E-state index in [4.69, 9.17) is 11.6 Å². The lowest BCUT2D eigenvalue weighted by Crippen LogP contribution is -2.57. The van der Waals surface area contributed by atoms with Crippen molar-refractivity contribution in [2.75, 3.05) is 6.54 Å². The Morgan fingerprint density at radius 1 is 1.47 bits per heavy atom. The number of carbonyl (C=O) groups excluding carboxylic acids is 2. The highest BCUT2D eigenvalue weighted by molar-refractivity contribution is 6.31. The second kappa shape index (κ2) is 5.67. The van der Waals surface area contributed by atoms with Gasteiger partial charge >= 0.3 is 0 Å². The third kappa shape index (κ3) is 2.77. The maximum absolute atomic E-state index is 13.7. The first kappa shape index (κ1) is 14.0. The molecule has 2 rings (SSSR count). The van der Waals surface area contributed by atoms with Crippen molar-refractivity contribution in [1.29, 1.82) is 0 Å². The Bertz CT molecular complexity index is 501. The summed E-state index contributed by atoms with van der Waals surface area (Å²) in [6, 6.07) is 3.88. The van der Waals surface area contributed by atoms with Crippen LogP contribution >= 0.6 is 11.6 Å². The third-order valence-corrected chi connectivity index (χ3v) is 3.51. The number of nitrogens with zero attached hydrogens (tertiary/aromatic N) is 1. The van der Waals surface area contributed by atoms with Crippen LogP contribution in [0.3, 0.4) is 0 Å². The molecule has 1 N–H and O–H groups in total. The van der Waals surface area contributed by atoms with Gasteiger partial charge in [0.15, 0.2) is 0 Å². The van der Waals surface area contributed by atoms with Crippen LogP contribution in [0.1, 0.15) is 18.9 Å². The van der Waals surface area contributed by atoms with Gasteiger partial charge < -0.3 is 0 Å². The standard InChI is InChI=1S/C13H14ClFN2O2/c1-2-11-13(19)17(12(18)6-16-11)7-8-9(14)4-3-5-10(8)15/h3-5,11,16H,2,6-7H2,1H3. The average molecular weight is 285 g/mol. The van der Waals surface area contributed by atoms with Gasteiger partial charge in [-0.2, -0.15) is 0 Å². The van der Waals surface area contributed by atoms with Gasteiger partial charge in [0.25, 0.3) is 0 Å². The van der Waals surface area contributed by atoms with E-state index in [9.17, 15) is 14.0 Å². The first-order valence-electron chi connectivity index (χ1n) is 6.05. The van der Waals surface area contributed by atoms with Crippen LogP contribution in [0.4, 0.5) is 4.39 Å². The van der Waals surface area contributed by atoms with E-state index >= 15 is 0 Å². The molecule has 102 valence electrons. The second-order valence-electron chi connectivity index (χ2n) is 4.36. The average Bonchev–Trinajstić information content (AvgIpc) is 2.37. The fourth-order valence-corrected chi connectivity index (χ4v) is 2.25. The fourth-order valence-electron chi connectivity index (χ4n) is 2.03. The Morgan fingerprint density at radius 2 is 2.21 bits per heavy atom. The van der Waals surface area contributed by atoms with Crippen LogP contribution in [-0.2, 0) is 16.1 Å². The summed E-state index contributed by atoms with van der Waals surface area (Å²) < 4.78 is 13.7. The van der Waals surface area contributed by atoms with Crippen molar-refractivity contribution >= 4 is 23.4 Å². The number of nitrogens with one attached hydrogen (secondary N) is 1. The SMILES string of the molecule is CCC1NCC(=O)N(Cc2c(F)cccc2Cl)C1=O. The van der Waals surface area contributed by atoms with Gasteiger partial charge in [-0.3, -0.25) is 19.8 Å². The minimum atomic E-state index is -0.514. The zero-order valence-corrected chi connectivity index (χ0v) is 11.2. The first-order chi connectivity index (χ1) is 9.04. The van der Waals surface area contributed by atoms with Gasteiger partial charge in [0.2, 0.25) is 11.8 Å². The molecule has 19 heavy (non-hydrogen) atoms. The maximum Gasteiger partial charge on any atom is 0.246 e. The second-order valence-corrected chi connectivity index (χ2v) is 4.77. The van der Waals surface area contributed by atoms with E-state index in [1.165, 1.54) is 18.2 Å². The number of benzene rings is 1. The normalized spacial score (nSPS) is 19.9. The largest absolute Gasteiger partial charge is 0.297 e. The summed E-state index contributed by atoms with van der Waals surface area (Å²) in [5, 5.41) is 3.06. The first-order valence-corrected chi connectivity index (χ1v) is 6.43. The lowest BCUT2D eigenvalue weighted by Gasteiger charge is -2.31. The van der Waals surface area contributed by atoms with Gasteiger partial charge in [0.05, 0.1) is 19.1 Å². The number of piperazine rings is 1. The molecule has 1 fully saturated rings. The highest BCUT2D eigenvalue weighted by Crippen LogP contribution is 2.22. The van der Waals surface area contributed by atoms with E-state index in [0.29, 0.717) is 6.42 Å². The zero-order chi connectivity index (χ0) is 14.0. The predicted octanol–water partition coefficient (Wildman–Crippen LogP) is 1.72. The van der Waals surface area contributed by atoms with Crippen molar-refractivity contribution in [3.05, 3.63) is 34.6 Å². The van der Waals surface area contributed by atoms with E-state index in [1.54, 1.807) is 0 Å². The molecule has 1 unspecified atom stereocenters. The van der Waals surface area contributed by atoms with Gasteiger partial charge in [-0.25, -0.2) is 4.39 Å². The minimum Gasteiger partial charge on any atom is -0.297 e. The van der Waals surface area contributed by atoms with Gasteiger partial charge in [-0.1, -0.05) is 24.6 Å². The van der Waals surface area contributed by atoms with Crippen molar-refractivity contribution in [3.8, 4) is 0 Å². The molecular weight excluding hydrogens is 271 g/mol. The summed E-state index contributed by atoms with van der Waals surface area (Å²) in [5.74, 6) is -1.22. The molecule has 0 spiro atoms. The van der Waals surface area contributed by atoms with Crippen molar-refractivity contribution in [1.82, 2.24) is 10.2 Å². The van der Waals surface area contributed by atoms with Crippen LogP contribution in [0.2, 0.25) is 5.02 Å². The smallest absolute Gasteiger partial charge is 0.246 e. The molecule has 0 aromatic heterocycles. The van der Waals surface area contributed by atoms with E-state index in [0.717, 1.165) is 4.90 Å². The summed E-state index contributed by atoms with van der Waals surface area (Å²) in [4.78, 5) is 24.9. The molecule has 0 radical (unpaired) electrons. The molecule has 1 aromatic rings. The molecule has 0 bridgehead atoms. The van der Waals surface area contributed by atoms with Crippen LogP contribution in [0.5, 0.6) is 0 Å². The van der Waals surface area contributed by atoms with Gasteiger partial charge in [0, 0.05) is 10.6 Å². The van der Waals surface area contributed by atoms with Crippen LogP contribution < -0.4 is 5.32 Å². The fraction of sp³-hybridized carbons (Fsp3) is 0.385. The molecule has 1 aliphatic rings. The van der Waals surface area contributed by atoms with Crippen molar-refractivity contribution < 1.29 is 14.0 Å². The quantitative estimate of drug-likeness (QED) is 0.860. The van der Waals surface area contributed by atoms with Crippen LogP contribution in [-0.4, -0.2) is 29.3 Å². The Labute approximate surface area is 115 Å². The molecule has 0 saturated carbocycles. The number of hydrogen-bond donors (Lipinski definition) is 1. The highest BCUT2D eigenvalue weighted by Gasteiger charge is 2.33. The molecule has 1 heterocycles. The molecule has 1 aromatic carbocycles. The zero-order valence-electron chi connectivity index (χ0n) is 10.5. The Morgan fingerprint density at radius 3 is 2.84 bits per heavy atom. The molecule has 1 aliphatic heterocycles. The summed E-state index contributed by atoms with van der Waals surface area (Å²) in [6.45, 7) is 1.80. The molecular formula is C13H14ClFN2O2. The van der Waals surface area contributed by atoms with E-state index in [2.05, 4.69) is 5.32 Å². The molecule has 0 aliphatic carbocycles. The maximum atomic E-state index is 13.7. The number of hydrogen-bond acceptors (Lipinski definition) is 3. The molecule has 2 amide bonds. The van der Waals surface area contributed by atoms with Crippen LogP contribution in [0.15, 0.2) is 18.2 Å². The number of amides is 2. The summed E-state index contributed by atoms with van der Waals surface area (Å²) in [7, 11) is 0. The van der Waals surface area contributed by atoms with E-state index < -0.39 is 11.9 Å². The lowest BCUT2D eigenvalue weighted by atomic mass is 10.1. The summed E-state index contributed by atoms with van der Waals surface area (Å²) in [6.07, 6.45) is 0.577. The Balaban J connectivity index is 2.25. The van der Waals surface area contributed by atoms with Gasteiger partial charge in [-0.05, 0) is 18.6 Å². The summed E-state index contributed by atoms with van der Waals surface area (Å²) in [5.41, 5.74) is 0.169. The monoisotopic (exact) mass is 284 g/mol. The number of halogens is 2. The molecule has 4 nitrogen and oxygen atoms in total. The van der Waals surface area contributed by atoms with Crippen molar-refractivity contribution in [3.63, 3.8) is 0 Å². The highest BCUT2D eigenvalue weighted by atomic mass is 35.5. The molecule has 1 atom stereocenters. The number of imide groups is 1. The molecule has 6 heteroatoms. The van der Waals surface area contributed by atoms with Gasteiger partial charge in [-0.15, -0.1) is 0 Å². The number of rotatable bonds is 3.